The second-order valence-electron chi connectivity index (χ2n) is 5.49. The molecule has 0 bridgehead atoms. The van der Waals surface area contributed by atoms with Gasteiger partial charge < -0.3 is 11.1 Å². The van der Waals surface area contributed by atoms with E-state index in [1.807, 2.05) is 13.0 Å². The molecule has 0 fully saturated rings. The van der Waals surface area contributed by atoms with Crippen LogP contribution in [0.3, 0.4) is 0 Å². The maximum Gasteiger partial charge on any atom is 0.240 e. The second kappa shape index (κ2) is 7.47. The Kier molecular flexibility index (Phi) is 6.50. The van der Waals surface area contributed by atoms with Crippen molar-refractivity contribution in [2.45, 2.75) is 49.6 Å². The SMILES string of the molecule is CCCC(C)(N)C(=O)NC1CCSc2c(F)cccc21.Cl. The third-order valence-electron chi connectivity index (χ3n) is 3.62. The van der Waals surface area contributed by atoms with Gasteiger partial charge in [0, 0.05) is 10.6 Å². The lowest BCUT2D eigenvalue weighted by molar-refractivity contribution is -0.126. The summed E-state index contributed by atoms with van der Waals surface area (Å²) in [5, 5.41) is 2.98. The largest absolute Gasteiger partial charge is 0.348 e. The highest BCUT2D eigenvalue weighted by atomic mass is 35.5. The molecule has 1 aromatic rings. The molecule has 0 spiro atoms. The van der Waals surface area contributed by atoms with E-state index >= 15 is 0 Å². The molecule has 2 rings (SSSR count). The number of carbonyl (C=O) groups is 1. The number of rotatable bonds is 4. The molecule has 0 radical (unpaired) electrons. The van der Waals surface area contributed by atoms with Crippen molar-refractivity contribution in [3.63, 3.8) is 0 Å². The van der Waals surface area contributed by atoms with Gasteiger partial charge in [0.25, 0.3) is 0 Å². The minimum absolute atomic E-state index is 0. The maximum atomic E-state index is 13.8. The van der Waals surface area contributed by atoms with Crippen molar-refractivity contribution in [2.75, 3.05) is 5.75 Å². The number of hydrogen-bond donors (Lipinski definition) is 2. The molecular weight excluding hydrogens is 311 g/mol. The molecule has 118 valence electrons. The van der Waals surface area contributed by atoms with Gasteiger partial charge in [-0.1, -0.05) is 25.5 Å². The van der Waals surface area contributed by atoms with E-state index in [0.29, 0.717) is 11.3 Å². The minimum atomic E-state index is -0.868. The molecule has 2 atom stereocenters. The number of nitrogens with one attached hydrogen (secondary N) is 1. The van der Waals surface area contributed by atoms with Gasteiger partial charge in [0.1, 0.15) is 5.82 Å². The van der Waals surface area contributed by atoms with Crippen molar-refractivity contribution in [1.29, 1.82) is 0 Å². The van der Waals surface area contributed by atoms with Gasteiger partial charge in [0.2, 0.25) is 5.91 Å². The van der Waals surface area contributed by atoms with Gasteiger partial charge >= 0.3 is 0 Å². The first-order valence-corrected chi connectivity index (χ1v) is 7.95. The van der Waals surface area contributed by atoms with Gasteiger partial charge in [-0.05, 0) is 31.4 Å². The molecule has 0 aromatic heterocycles. The fourth-order valence-corrected chi connectivity index (χ4v) is 3.63. The molecule has 1 amide bonds. The highest BCUT2D eigenvalue weighted by molar-refractivity contribution is 7.99. The zero-order chi connectivity index (χ0) is 14.8. The molecule has 3 nitrogen and oxygen atoms in total. The van der Waals surface area contributed by atoms with E-state index in [-0.39, 0.29) is 30.2 Å². The molecule has 0 saturated carbocycles. The fourth-order valence-electron chi connectivity index (χ4n) is 2.49. The first-order chi connectivity index (χ1) is 9.45. The van der Waals surface area contributed by atoms with Crippen LogP contribution in [-0.4, -0.2) is 17.2 Å². The average Bonchev–Trinajstić information content (AvgIpc) is 2.40. The van der Waals surface area contributed by atoms with Crippen LogP contribution in [0.5, 0.6) is 0 Å². The first-order valence-electron chi connectivity index (χ1n) is 6.96. The number of benzene rings is 1. The third-order valence-corrected chi connectivity index (χ3v) is 4.78. The molecule has 1 aromatic carbocycles. The van der Waals surface area contributed by atoms with Crippen LogP contribution in [0.1, 0.15) is 44.7 Å². The van der Waals surface area contributed by atoms with Crippen molar-refractivity contribution in [3.05, 3.63) is 29.6 Å². The number of thioether (sulfide) groups is 1. The Morgan fingerprint density at radius 1 is 1.57 bits per heavy atom. The van der Waals surface area contributed by atoms with Gasteiger partial charge in [-0.3, -0.25) is 4.79 Å². The number of fused-ring (bicyclic) bond motifs is 1. The van der Waals surface area contributed by atoms with E-state index in [1.165, 1.54) is 17.8 Å². The van der Waals surface area contributed by atoms with Crippen LogP contribution in [0.4, 0.5) is 4.39 Å². The first kappa shape index (κ1) is 18.3. The summed E-state index contributed by atoms with van der Waals surface area (Å²) >= 11 is 1.51. The van der Waals surface area contributed by atoms with Gasteiger partial charge in [0.15, 0.2) is 0 Å². The Hall–Kier alpha value is -0.780. The number of carbonyl (C=O) groups excluding carboxylic acids is 1. The molecule has 6 heteroatoms. The summed E-state index contributed by atoms with van der Waals surface area (Å²) in [6.07, 6.45) is 2.29. The van der Waals surface area contributed by atoms with Crippen molar-refractivity contribution in [2.24, 2.45) is 5.73 Å². The van der Waals surface area contributed by atoms with Crippen molar-refractivity contribution in [1.82, 2.24) is 5.32 Å². The molecule has 2 unspecified atom stereocenters. The van der Waals surface area contributed by atoms with Crippen molar-refractivity contribution >= 4 is 30.1 Å². The van der Waals surface area contributed by atoms with E-state index in [1.54, 1.807) is 13.0 Å². The quantitative estimate of drug-likeness (QED) is 0.888. The normalized spacial score (nSPS) is 19.9. The number of hydrogen-bond acceptors (Lipinski definition) is 3. The highest BCUT2D eigenvalue weighted by Gasteiger charge is 2.31. The molecular formula is C15H22ClFN2OS. The van der Waals surface area contributed by atoms with Gasteiger partial charge in [-0.25, -0.2) is 4.39 Å². The smallest absolute Gasteiger partial charge is 0.240 e. The van der Waals surface area contributed by atoms with E-state index in [9.17, 15) is 9.18 Å². The molecule has 1 aliphatic heterocycles. The van der Waals surface area contributed by atoms with E-state index in [0.717, 1.165) is 24.2 Å². The van der Waals surface area contributed by atoms with Crippen LogP contribution >= 0.6 is 24.2 Å². The van der Waals surface area contributed by atoms with Gasteiger partial charge in [-0.2, -0.15) is 0 Å². The summed E-state index contributed by atoms with van der Waals surface area (Å²) in [7, 11) is 0. The summed E-state index contributed by atoms with van der Waals surface area (Å²) in [5.41, 5.74) is 6.04. The van der Waals surface area contributed by atoms with Crippen LogP contribution in [-0.2, 0) is 4.79 Å². The Morgan fingerprint density at radius 3 is 2.95 bits per heavy atom. The summed E-state index contributed by atoms with van der Waals surface area (Å²) in [4.78, 5) is 12.9. The lowest BCUT2D eigenvalue weighted by atomic mass is 9.95. The zero-order valence-electron chi connectivity index (χ0n) is 12.3. The van der Waals surface area contributed by atoms with Crippen LogP contribution in [0.2, 0.25) is 0 Å². The van der Waals surface area contributed by atoms with Crippen molar-refractivity contribution < 1.29 is 9.18 Å². The van der Waals surface area contributed by atoms with Crippen LogP contribution in [0.15, 0.2) is 23.1 Å². The topological polar surface area (TPSA) is 55.1 Å². The monoisotopic (exact) mass is 332 g/mol. The van der Waals surface area contributed by atoms with Crippen LogP contribution in [0.25, 0.3) is 0 Å². The predicted molar refractivity (Wildman–Crippen MR) is 87.4 cm³/mol. The van der Waals surface area contributed by atoms with E-state index < -0.39 is 5.54 Å². The summed E-state index contributed by atoms with van der Waals surface area (Å²) in [6.45, 7) is 3.75. The van der Waals surface area contributed by atoms with Crippen molar-refractivity contribution in [3.8, 4) is 0 Å². The Bertz CT molecular complexity index is 510. The average molecular weight is 333 g/mol. The molecule has 1 aliphatic rings. The predicted octanol–water partition coefficient (Wildman–Crippen LogP) is 3.42. The standard InChI is InChI=1S/C15H21FN2OS.ClH/c1-3-8-15(2,17)14(19)18-12-7-9-20-13-10(12)5-4-6-11(13)16;/h4-6,12H,3,7-9,17H2,1-2H3,(H,18,19);1H. The minimum Gasteiger partial charge on any atom is -0.348 e. The summed E-state index contributed by atoms with van der Waals surface area (Å²) < 4.78 is 13.8. The molecule has 21 heavy (non-hydrogen) atoms. The Labute approximate surface area is 135 Å². The van der Waals surface area contributed by atoms with Crippen LogP contribution in [0, 0.1) is 5.82 Å². The number of halogens is 2. The lowest BCUT2D eigenvalue weighted by Crippen LogP contribution is -2.52. The van der Waals surface area contributed by atoms with Crippen LogP contribution < -0.4 is 11.1 Å². The fraction of sp³-hybridized carbons (Fsp3) is 0.533. The Balaban J connectivity index is 0.00000220. The zero-order valence-corrected chi connectivity index (χ0v) is 14.0. The molecule has 0 saturated heterocycles. The summed E-state index contributed by atoms with van der Waals surface area (Å²) in [6, 6.07) is 4.88. The second-order valence-corrected chi connectivity index (χ2v) is 6.59. The third kappa shape index (κ3) is 4.11. The molecule has 3 N–H and O–H groups in total. The van der Waals surface area contributed by atoms with E-state index in [2.05, 4.69) is 5.32 Å². The number of amides is 1. The van der Waals surface area contributed by atoms with Gasteiger partial charge in [0.05, 0.1) is 11.6 Å². The number of nitrogens with two attached hydrogens (primary N) is 1. The maximum absolute atomic E-state index is 13.8. The molecule has 1 heterocycles. The summed E-state index contributed by atoms with van der Waals surface area (Å²) in [5.74, 6) is 0.426. The lowest BCUT2D eigenvalue weighted by Gasteiger charge is -2.30. The molecule has 0 aliphatic carbocycles. The van der Waals surface area contributed by atoms with E-state index in [4.69, 9.17) is 5.73 Å². The Morgan fingerprint density at radius 2 is 2.29 bits per heavy atom. The van der Waals surface area contributed by atoms with Gasteiger partial charge in [-0.15, -0.1) is 24.2 Å². The highest BCUT2D eigenvalue weighted by Crippen LogP contribution is 2.37.